The summed E-state index contributed by atoms with van der Waals surface area (Å²) < 4.78 is 5.43. The van der Waals surface area contributed by atoms with E-state index >= 15 is 0 Å². The fourth-order valence-electron chi connectivity index (χ4n) is 3.61. The monoisotopic (exact) mass is 369 g/mol. The van der Waals surface area contributed by atoms with E-state index < -0.39 is 0 Å². The van der Waals surface area contributed by atoms with Crippen LogP contribution in [0.5, 0.6) is 0 Å². The van der Waals surface area contributed by atoms with Gasteiger partial charge in [-0.15, -0.1) is 0 Å². The quantitative estimate of drug-likeness (QED) is 0.855. The van der Waals surface area contributed by atoms with Crippen LogP contribution in [0.4, 0.5) is 17.6 Å². The van der Waals surface area contributed by atoms with Crippen LogP contribution in [0.2, 0.25) is 0 Å². The van der Waals surface area contributed by atoms with Crippen molar-refractivity contribution in [2.45, 2.75) is 13.0 Å². The summed E-state index contributed by atoms with van der Waals surface area (Å²) in [5, 5.41) is 0. The largest absolute Gasteiger partial charge is 0.383 e. The maximum atomic E-state index is 6.09. The van der Waals surface area contributed by atoms with Crippen LogP contribution < -0.4 is 15.5 Å². The molecule has 2 aromatic rings. The summed E-state index contributed by atoms with van der Waals surface area (Å²) in [6, 6.07) is 6.02. The van der Waals surface area contributed by atoms with Crippen LogP contribution in [-0.4, -0.2) is 72.3 Å². The molecule has 0 unspecified atom stereocenters. The summed E-state index contributed by atoms with van der Waals surface area (Å²) in [4.78, 5) is 20.4. The number of anilines is 3. The van der Waals surface area contributed by atoms with Gasteiger partial charge < -0.3 is 20.3 Å². The summed E-state index contributed by atoms with van der Waals surface area (Å²) in [6.07, 6.45) is 4.86. The Balaban J connectivity index is 1.43. The molecule has 144 valence electrons. The molecule has 2 fully saturated rings. The maximum Gasteiger partial charge on any atom is 0.229 e. The molecule has 2 saturated heterocycles. The van der Waals surface area contributed by atoms with E-state index in [1.807, 2.05) is 24.5 Å². The number of nitrogens with two attached hydrogens (primary N) is 1. The molecule has 0 aromatic carbocycles. The fourth-order valence-corrected chi connectivity index (χ4v) is 3.61. The van der Waals surface area contributed by atoms with E-state index in [1.54, 1.807) is 0 Å². The van der Waals surface area contributed by atoms with Gasteiger partial charge in [-0.1, -0.05) is 6.07 Å². The second kappa shape index (κ2) is 8.49. The average Bonchev–Trinajstić information content (AvgIpc) is 2.95. The topological polar surface area (TPSA) is 83.6 Å². The van der Waals surface area contributed by atoms with E-state index in [0.29, 0.717) is 25.0 Å². The van der Waals surface area contributed by atoms with Crippen molar-refractivity contribution in [1.82, 2.24) is 19.9 Å². The van der Waals surface area contributed by atoms with Crippen LogP contribution >= 0.6 is 0 Å². The summed E-state index contributed by atoms with van der Waals surface area (Å²) in [6.45, 7) is 7.94. The molecule has 27 heavy (non-hydrogen) atoms. The lowest BCUT2D eigenvalue weighted by atomic mass is 10.2. The highest BCUT2D eigenvalue weighted by molar-refractivity contribution is 5.52. The molecular formula is C19H27N7O. The number of aromatic nitrogens is 3. The van der Waals surface area contributed by atoms with Crippen LogP contribution in [0.15, 0.2) is 30.6 Å². The third-order valence-corrected chi connectivity index (χ3v) is 5.06. The van der Waals surface area contributed by atoms with E-state index in [9.17, 15) is 0 Å². The van der Waals surface area contributed by atoms with Crippen molar-refractivity contribution in [1.29, 1.82) is 0 Å². The molecular weight excluding hydrogens is 342 g/mol. The van der Waals surface area contributed by atoms with Gasteiger partial charge in [-0.3, -0.25) is 9.88 Å². The molecule has 0 amide bonds. The van der Waals surface area contributed by atoms with Gasteiger partial charge in [-0.05, 0) is 18.1 Å². The zero-order chi connectivity index (χ0) is 18.5. The van der Waals surface area contributed by atoms with Crippen LogP contribution in [0.3, 0.4) is 0 Å². The molecule has 0 radical (unpaired) electrons. The molecule has 2 aromatic heterocycles. The van der Waals surface area contributed by atoms with Crippen molar-refractivity contribution in [3.05, 3.63) is 36.2 Å². The zero-order valence-corrected chi connectivity index (χ0v) is 15.6. The van der Waals surface area contributed by atoms with Crippen LogP contribution in [0.1, 0.15) is 12.0 Å². The molecule has 2 aliphatic rings. The number of hydrogen-bond acceptors (Lipinski definition) is 8. The molecule has 8 heteroatoms. The second-order valence-electron chi connectivity index (χ2n) is 7.03. The first-order chi connectivity index (χ1) is 13.3. The summed E-state index contributed by atoms with van der Waals surface area (Å²) in [5.41, 5.74) is 7.34. The Hall–Kier alpha value is -2.45. The van der Waals surface area contributed by atoms with Crippen molar-refractivity contribution >= 4 is 17.6 Å². The minimum Gasteiger partial charge on any atom is -0.383 e. The molecule has 0 bridgehead atoms. The second-order valence-corrected chi connectivity index (χ2v) is 7.03. The van der Waals surface area contributed by atoms with Crippen molar-refractivity contribution in [3.63, 3.8) is 0 Å². The number of morpholine rings is 1. The van der Waals surface area contributed by atoms with E-state index in [1.165, 1.54) is 5.56 Å². The van der Waals surface area contributed by atoms with Crippen molar-refractivity contribution in [3.8, 4) is 0 Å². The van der Waals surface area contributed by atoms with Crippen LogP contribution in [0, 0.1) is 0 Å². The number of hydrogen-bond donors (Lipinski definition) is 1. The highest BCUT2D eigenvalue weighted by atomic mass is 16.5. The van der Waals surface area contributed by atoms with Crippen molar-refractivity contribution in [2.24, 2.45) is 0 Å². The van der Waals surface area contributed by atoms with Gasteiger partial charge in [-0.2, -0.15) is 9.97 Å². The smallest absolute Gasteiger partial charge is 0.229 e. The first-order valence-electron chi connectivity index (χ1n) is 9.61. The summed E-state index contributed by atoms with van der Waals surface area (Å²) in [5.74, 6) is 2.16. The van der Waals surface area contributed by atoms with Crippen molar-refractivity contribution < 1.29 is 4.74 Å². The Kier molecular flexibility index (Phi) is 5.64. The normalized spacial score (nSPS) is 19.1. The first-order valence-corrected chi connectivity index (χ1v) is 9.61. The van der Waals surface area contributed by atoms with Gasteiger partial charge in [0.1, 0.15) is 11.6 Å². The van der Waals surface area contributed by atoms with E-state index in [0.717, 1.165) is 58.1 Å². The van der Waals surface area contributed by atoms with E-state index in [4.69, 9.17) is 15.5 Å². The average molecular weight is 369 g/mol. The Labute approximate surface area is 160 Å². The molecule has 0 atom stereocenters. The van der Waals surface area contributed by atoms with Gasteiger partial charge in [0.05, 0.1) is 13.2 Å². The highest BCUT2D eigenvalue weighted by Crippen LogP contribution is 2.21. The van der Waals surface area contributed by atoms with Gasteiger partial charge in [0.15, 0.2) is 0 Å². The lowest BCUT2D eigenvalue weighted by Gasteiger charge is -2.28. The highest BCUT2D eigenvalue weighted by Gasteiger charge is 2.20. The number of ether oxygens (including phenoxy) is 1. The molecule has 4 heterocycles. The molecule has 0 aliphatic carbocycles. The first kappa shape index (κ1) is 17.9. The predicted octanol–water partition coefficient (Wildman–Crippen LogP) is 1.00. The minimum absolute atomic E-state index is 0.526. The number of nitrogen functional groups attached to an aromatic ring is 1. The SMILES string of the molecule is Nc1cc(N2CCCN(Cc3cccnc3)CC2)nc(N2CCOCC2)n1. The molecule has 0 saturated carbocycles. The van der Waals surface area contributed by atoms with Gasteiger partial charge in [0, 0.05) is 64.3 Å². The van der Waals surface area contributed by atoms with Crippen molar-refractivity contribution in [2.75, 3.05) is 68.0 Å². The lowest BCUT2D eigenvalue weighted by molar-refractivity contribution is 0.122. The third kappa shape index (κ3) is 4.64. The molecule has 0 spiro atoms. The number of nitrogens with zero attached hydrogens (tertiary/aromatic N) is 6. The predicted molar refractivity (Wildman–Crippen MR) is 106 cm³/mol. The van der Waals surface area contributed by atoms with Gasteiger partial charge in [0.2, 0.25) is 5.95 Å². The maximum absolute atomic E-state index is 6.09. The molecule has 8 nitrogen and oxygen atoms in total. The Bertz CT molecular complexity index is 736. The summed E-state index contributed by atoms with van der Waals surface area (Å²) >= 11 is 0. The van der Waals surface area contributed by atoms with Crippen LogP contribution in [0.25, 0.3) is 0 Å². The lowest BCUT2D eigenvalue weighted by Crippen LogP contribution is -2.38. The Morgan fingerprint density at radius 2 is 1.89 bits per heavy atom. The van der Waals surface area contributed by atoms with Crippen LogP contribution in [-0.2, 0) is 11.3 Å². The summed E-state index contributed by atoms with van der Waals surface area (Å²) in [7, 11) is 0. The van der Waals surface area contributed by atoms with E-state index in [-0.39, 0.29) is 0 Å². The van der Waals surface area contributed by atoms with E-state index in [2.05, 4.69) is 30.7 Å². The fraction of sp³-hybridized carbons (Fsp3) is 0.526. The molecule has 2 N–H and O–H groups in total. The number of pyridine rings is 1. The standard InChI is InChI=1S/C19H27N7O/c20-17-13-18(23-19(22-17)26-9-11-27-12-10-26)25-6-2-5-24(7-8-25)15-16-3-1-4-21-14-16/h1,3-4,13-14H,2,5-12,15H2,(H2,20,22,23). The van der Waals surface area contributed by atoms with Gasteiger partial charge >= 0.3 is 0 Å². The Morgan fingerprint density at radius 3 is 2.70 bits per heavy atom. The van der Waals surface area contributed by atoms with Gasteiger partial charge in [-0.25, -0.2) is 0 Å². The molecule has 2 aliphatic heterocycles. The minimum atomic E-state index is 0.526. The number of rotatable bonds is 4. The Morgan fingerprint density at radius 1 is 1.00 bits per heavy atom. The van der Waals surface area contributed by atoms with Gasteiger partial charge in [0.25, 0.3) is 0 Å². The zero-order valence-electron chi connectivity index (χ0n) is 15.6. The third-order valence-electron chi connectivity index (χ3n) is 5.06. The molecule has 4 rings (SSSR count).